The van der Waals surface area contributed by atoms with Gasteiger partial charge < -0.3 is 9.64 Å². The molecular weight excluding hydrogens is 458 g/mol. The van der Waals surface area contributed by atoms with Gasteiger partial charge in [-0.3, -0.25) is 4.90 Å². The van der Waals surface area contributed by atoms with E-state index in [-0.39, 0.29) is 0 Å². The molecule has 0 unspecified atom stereocenters. The van der Waals surface area contributed by atoms with Crippen LogP contribution in [0.2, 0.25) is 0 Å². The maximum Gasteiger partial charge on any atom is 0.165 e. The van der Waals surface area contributed by atoms with Gasteiger partial charge in [0.1, 0.15) is 18.2 Å². The third-order valence-corrected chi connectivity index (χ3v) is 7.32. The number of hydrogen-bond acceptors (Lipinski definition) is 5. The van der Waals surface area contributed by atoms with Gasteiger partial charge in [0.05, 0.1) is 5.69 Å². The van der Waals surface area contributed by atoms with Crippen LogP contribution in [-0.4, -0.2) is 58.8 Å². The molecule has 0 bridgehead atoms. The Morgan fingerprint density at radius 2 is 1.59 bits per heavy atom. The van der Waals surface area contributed by atoms with E-state index in [1.165, 1.54) is 16.3 Å². The van der Waals surface area contributed by atoms with Gasteiger partial charge in [0.15, 0.2) is 5.65 Å². The lowest BCUT2D eigenvalue weighted by Gasteiger charge is -2.36. The lowest BCUT2D eigenvalue weighted by atomic mass is 10.0. The molecule has 0 saturated carbocycles. The second kappa shape index (κ2) is 9.87. The molecule has 6 heteroatoms. The fourth-order valence-corrected chi connectivity index (χ4v) is 5.32. The van der Waals surface area contributed by atoms with Crippen molar-refractivity contribution in [3.63, 3.8) is 0 Å². The van der Waals surface area contributed by atoms with E-state index in [9.17, 15) is 0 Å². The summed E-state index contributed by atoms with van der Waals surface area (Å²) in [7, 11) is 0. The third kappa shape index (κ3) is 4.65. The van der Waals surface area contributed by atoms with Gasteiger partial charge >= 0.3 is 0 Å². The maximum atomic E-state index is 6.19. The number of anilines is 1. The molecule has 37 heavy (non-hydrogen) atoms. The summed E-state index contributed by atoms with van der Waals surface area (Å²) in [5.74, 6) is 2.08. The van der Waals surface area contributed by atoms with Crippen molar-refractivity contribution in [3.05, 3.63) is 89.7 Å². The highest BCUT2D eigenvalue weighted by Gasteiger charge is 2.22. The monoisotopic (exact) mass is 491 g/mol. The van der Waals surface area contributed by atoms with E-state index in [0.717, 1.165) is 72.5 Å². The SMILES string of the molecule is Cc1ccc(-c2c(C)nn3c(N4CCN(CCOc5cccc6ccccc56)CC4)cc(C)nc23)cc1. The number of aryl methyl sites for hydroxylation is 3. The van der Waals surface area contributed by atoms with Crippen LogP contribution in [0, 0.1) is 20.8 Å². The van der Waals surface area contributed by atoms with E-state index in [1.54, 1.807) is 0 Å². The average molecular weight is 492 g/mol. The van der Waals surface area contributed by atoms with Crippen LogP contribution < -0.4 is 9.64 Å². The summed E-state index contributed by atoms with van der Waals surface area (Å²) in [6, 6.07) is 25.5. The standard InChI is InChI=1S/C31H33N5O/c1-22-11-13-26(14-12-22)30-24(3)33-36-29(21-23(2)32-31(30)36)35-17-15-34(16-18-35)19-20-37-28-10-6-8-25-7-4-5-9-27(25)28/h4-14,21H,15-20H2,1-3H3. The van der Waals surface area contributed by atoms with Gasteiger partial charge in [-0.05, 0) is 37.8 Å². The van der Waals surface area contributed by atoms with Crippen molar-refractivity contribution < 1.29 is 4.74 Å². The van der Waals surface area contributed by atoms with Crippen LogP contribution in [0.15, 0.2) is 72.8 Å². The van der Waals surface area contributed by atoms with Crippen molar-refractivity contribution in [2.75, 3.05) is 44.2 Å². The van der Waals surface area contributed by atoms with E-state index >= 15 is 0 Å². The van der Waals surface area contributed by atoms with Gasteiger partial charge in [0, 0.05) is 55.4 Å². The number of nitrogens with zero attached hydrogens (tertiary/aromatic N) is 5. The molecule has 188 valence electrons. The molecule has 0 N–H and O–H groups in total. The number of ether oxygens (including phenoxy) is 1. The summed E-state index contributed by atoms with van der Waals surface area (Å²) in [6.07, 6.45) is 0. The predicted molar refractivity (Wildman–Crippen MR) is 151 cm³/mol. The van der Waals surface area contributed by atoms with Crippen LogP contribution >= 0.6 is 0 Å². The smallest absolute Gasteiger partial charge is 0.165 e. The minimum Gasteiger partial charge on any atom is -0.492 e. The Hall–Kier alpha value is -3.90. The predicted octanol–water partition coefficient (Wildman–Crippen LogP) is 5.68. The molecule has 5 aromatic rings. The number of fused-ring (bicyclic) bond motifs is 2. The number of aromatic nitrogens is 3. The first-order chi connectivity index (χ1) is 18.1. The van der Waals surface area contributed by atoms with Crippen molar-refractivity contribution in [2.24, 2.45) is 0 Å². The van der Waals surface area contributed by atoms with Gasteiger partial charge in [-0.25, -0.2) is 4.98 Å². The number of piperazine rings is 1. The van der Waals surface area contributed by atoms with E-state index < -0.39 is 0 Å². The van der Waals surface area contributed by atoms with E-state index in [1.807, 2.05) is 4.52 Å². The Kier molecular flexibility index (Phi) is 6.26. The molecule has 1 aliphatic rings. The van der Waals surface area contributed by atoms with Gasteiger partial charge in [-0.15, -0.1) is 0 Å². The molecule has 1 fully saturated rings. The first-order valence-corrected chi connectivity index (χ1v) is 13.1. The van der Waals surface area contributed by atoms with Crippen molar-refractivity contribution in [2.45, 2.75) is 20.8 Å². The topological polar surface area (TPSA) is 45.9 Å². The molecule has 0 radical (unpaired) electrons. The van der Waals surface area contributed by atoms with Crippen molar-refractivity contribution in [3.8, 4) is 16.9 Å². The van der Waals surface area contributed by atoms with Crippen molar-refractivity contribution >= 4 is 22.2 Å². The molecular formula is C31H33N5O. The molecule has 1 aliphatic heterocycles. The molecule has 0 aliphatic carbocycles. The Morgan fingerprint density at radius 3 is 2.41 bits per heavy atom. The van der Waals surface area contributed by atoms with Crippen LogP contribution in [-0.2, 0) is 0 Å². The van der Waals surface area contributed by atoms with Gasteiger partial charge in [-0.2, -0.15) is 9.61 Å². The van der Waals surface area contributed by atoms with E-state index in [4.69, 9.17) is 14.8 Å². The summed E-state index contributed by atoms with van der Waals surface area (Å²) in [6.45, 7) is 11.8. The summed E-state index contributed by atoms with van der Waals surface area (Å²) >= 11 is 0. The fourth-order valence-electron chi connectivity index (χ4n) is 5.32. The minimum absolute atomic E-state index is 0.685. The molecule has 3 heterocycles. The van der Waals surface area contributed by atoms with Crippen LogP contribution in [0.5, 0.6) is 5.75 Å². The maximum absolute atomic E-state index is 6.19. The highest BCUT2D eigenvalue weighted by atomic mass is 16.5. The van der Waals surface area contributed by atoms with Crippen LogP contribution in [0.1, 0.15) is 17.0 Å². The zero-order valence-corrected chi connectivity index (χ0v) is 21.8. The minimum atomic E-state index is 0.685. The quantitative estimate of drug-likeness (QED) is 0.306. The van der Waals surface area contributed by atoms with Crippen molar-refractivity contribution in [1.29, 1.82) is 0 Å². The molecule has 6 nitrogen and oxygen atoms in total. The van der Waals surface area contributed by atoms with Crippen LogP contribution in [0.25, 0.3) is 27.5 Å². The summed E-state index contributed by atoms with van der Waals surface area (Å²) in [5, 5.41) is 7.32. The van der Waals surface area contributed by atoms with Crippen LogP contribution in [0.4, 0.5) is 5.82 Å². The second-order valence-electron chi connectivity index (χ2n) is 9.97. The number of benzene rings is 3. The highest BCUT2D eigenvalue weighted by molar-refractivity contribution is 5.88. The van der Waals surface area contributed by atoms with Crippen molar-refractivity contribution in [1.82, 2.24) is 19.5 Å². The largest absolute Gasteiger partial charge is 0.492 e. The Bertz CT molecular complexity index is 1540. The normalized spacial score (nSPS) is 14.5. The first kappa shape index (κ1) is 23.5. The Balaban J connectivity index is 1.15. The van der Waals surface area contributed by atoms with Gasteiger partial charge in [0.2, 0.25) is 0 Å². The van der Waals surface area contributed by atoms with E-state index in [0.29, 0.717) is 6.61 Å². The molecule has 0 spiro atoms. The molecule has 2 aromatic heterocycles. The summed E-state index contributed by atoms with van der Waals surface area (Å²) < 4.78 is 8.23. The molecule has 3 aromatic carbocycles. The van der Waals surface area contributed by atoms with E-state index in [2.05, 4.69) is 103 Å². The first-order valence-electron chi connectivity index (χ1n) is 13.1. The molecule has 0 amide bonds. The van der Waals surface area contributed by atoms with Crippen LogP contribution in [0.3, 0.4) is 0 Å². The molecule has 1 saturated heterocycles. The Labute approximate surface area is 218 Å². The zero-order chi connectivity index (χ0) is 25.4. The molecule has 6 rings (SSSR count). The third-order valence-electron chi connectivity index (χ3n) is 7.32. The van der Waals surface area contributed by atoms with Gasteiger partial charge in [-0.1, -0.05) is 66.2 Å². The average Bonchev–Trinajstić information content (AvgIpc) is 3.25. The van der Waals surface area contributed by atoms with Gasteiger partial charge in [0.25, 0.3) is 0 Å². The highest BCUT2D eigenvalue weighted by Crippen LogP contribution is 2.31. The molecule has 0 atom stereocenters. The second-order valence-corrected chi connectivity index (χ2v) is 9.97. The Morgan fingerprint density at radius 1 is 0.838 bits per heavy atom. The summed E-state index contributed by atoms with van der Waals surface area (Å²) in [5.41, 5.74) is 6.49. The zero-order valence-electron chi connectivity index (χ0n) is 21.8. The summed E-state index contributed by atoms with van der Waals surface area (Å²) in [4.78, 5) is 9.83. The number of rotatable bonds is 6. The number of hydrogen-bond donors (Lipinski definition) is 0. The lowest BCUT2D eigenvalue weighted by molar-refractivity contribution is 0.201. The fraction of sp³-hybridized carbons (Fsp3) is 0.290. The lowest BCUT2D eigenvalue weighted by Crippen LogP contribution is -2.48.